The molecule has 0 atom stereocenters. The smallest absolute Gasteiger partial charge is 0.375 e. The maximum absolute atomic E-state index is 13.3. The fourth-order valence-electron chi connectivity index (χ4n) is 2.06. The summed E-state index contributed by atoms with van der Waals surface area (Å²) in [6.07, 6.45) is 5.23. The van der Waals surface area contributed by atoms with Gasteiger partial charge >= 0.3 is 5.51 Å². The van der Waals surface area contributed by atoms with E-state index in [1.807, 2.05) is 0 Å². The molecule has 0 radical (unpaired) electrons. The first kappa shape index (κ1) is 20.3. The number of sulfone groups is 1. The lowest BCUT2D eigenvalue weighted by atomic mass is 10.2. The molecule has 0 aliphatic rings. The van der Waals surface area contributed by atoms with Gasteiger partial charge in [0.05, 0.1) is 12.2 Å². The molecule has 0 aliphatic heterocycles. The molecular formula is C17H12F4N2O3S. The molecule has 0 aromatic heterocycles. The van der Waals surface area contributed by atoms with Gasteiger partial charge in [0, 0.05) is 11.3 Å². The number of anilines is 2. The molecule has 2 N–H and O–H groups in total. The Balaban J connectivity index is 2.19. The summed E-state index contributed by atoms with van der Waals surface area (Å²) in [6.45, 7) is -0.563. The number of rotatable bonds is 5. The molecule has 0 saturated heterocycles. The van der Waals surface area contributed by atoms with E-state index in [9.17, 15) is 30.8 Å². The standard InChI is InChI=1S/C17H12F4N2O3S/c1-2-11-4-3-5-13(8-11)23-16(24)10-22-14-7-6-12(18)9-15(14)27(25,26)17(19,20)21/h1,3-9,22H,10H2,(H,23,24). The first-order valence-corrected chi connectivity index (χ1v) is 8.74. The second-order valence-electron chi connectivity index (χ2n) is 5.22. The average Bonchev–Trinajstić information content (AvgIpc) is 2.59. The van der Waals surface area contributed by atoms with Crippen LogP contribution in [-0.2, 0) is 14.6 Å². The minimum absolute atomic E-state index is 0.236. The number of hydrogen-bond donors (Lipinski definition) is 2. The van der Waals surface area contributed by atoms with Crippen molar-refractivity contribution >= 4 is 27.1 Å². The fraction of sp³-hybridized carbons (Fsp3) is 0.118. The van der Waals surface area contributed by atoms with E-state index in [0.717, 1.165) is 12.1 Å². The van der Waals surface area contributed by atoms with Crippen LogP contribution in [0.1, 0.15) is 5.56 Å². The van der Waals surface area contributed by atoms with E-state index >= 15 is 0 Å². The first-order chi connectivity index (χ1) is 12.5. The number of nitrogens with one attached hydrogen (secondary N) is 2. The Labute approximate surface area is 152 Å². The van der Waals surface area contributed by atoms with E-state index in [1.54, 1.807) is 12.1 Å². The molecule has 10 heteroatoms. The van der Waals surface area contributed by atoms with Gasteiger partial charge in [-0.2, -0.15) is 13.2 Å². The number of amides is 1. The van der Waals surface area contributed by atoms with E-state index in [-0.39, 0.29) is 6.07 Å². The fourth-order valence-corrected chi connectivity index (χ4v) is 3.00. The van der Waals surface area contributed by atoms with Gasteiger partial charge in [-0.1, -0.05) is 12.0 Å². The monoisotopic (exact) mass is 400 g/mol. The number of terminal acetylenes is 1. The Morgan fingerprint density at radius 2 is 1.85 bits per heavy atom. The van der Waals surface area contributed by atoms with Gasteiger partial charge in [-0.25, -0.2) is 12.8 Å². The summed E-state index contributed by atoms with van der Waals surface area (Å²) in [6, 6.07) is 8.06. The lowest BCUT2D eigenvalue weighted by Crippen LogP contribution is -2.26. The number of hydrogen-bond acceptors (Lipinski definition) is 4. The third kappa shape index (κ3) is 4.77. The maximum atomic E-state index is 13.3. The highest BCUT2D eigenvalue weighted by Gasteiger charge is 2.48. The third-order valence-corrected chi connectivity index (χ3v) is 4.82. The molecule has 27 heavy (non-hydrogen) atoms. The molecule has 0 fully saturated rings. The van der Waals surface area contributed by atoms with Crippen molar-refractivity contribution in [2.75, 3.05) is 17.2 Å². The number of halogens is 4. The Morgan fingerprint density at radius 1 is 1.15 bits per heavy atom. The molecule has 2 rings (SSSR count). The SMILES string of the molecule is C#Cc1cccc(NC(=O)CNc2ccc(F)cc2S(=O)(=O)C(F)(F)F)c1. The summed E-state index contributed by atoms with van der Waals surface area (Å²) in [5.74, 6) is 0.522. The molecule has 0 aliphatic carbocycles. The first-order valence-electron chi connectivity index (χ1n) is 7.26. The molecule has 0 spiro atoms. The molecule has 0 heterocycles. The van der Waals surface area contributed by atoms with Crippen LogP contribution in [0.25, 0.3) is 0 Å². The highest BCUT2D eigenvalue weighted by Crippen LogP contribution is 2.34. The average molecular weight is 400 g/mol. The van der Waals surface area contributed by atoms with Gasteiger partial charge in [-0.15, -0.1) is 6.42 Å². The van der Waals surface area contributed by atoms with Crippen molar-refractivity contribution in [1.82, 2.24) is 0 Å². The molecule has 2 aromatic carbocycles. The van der Waals surface area contributed by atoms with Crippen LogP contribution in [0.15, 0.2) is 47.4 Å². The topological polar surface area (TPSA) is 75.3 Å². The molecule has 142 valence electrons. The lowest BCUT2D eigenvalue weighted by molar-refractivity contribution is -0.114. The molecule has 2 aromatic rings. The van der Waals surface area contributed by atoms with E-state index in [1.165, 1.54) is 12.1 Å². The van der Waals surface area contributed by atoms with Crippen LogP contribution in [0.4, 0.5) is 28.9 Å². The van der Waals surface area contributed by atoms with Crippen molar-refractivity contribution in [3.63, 3.8) is 0 Å². The van der Waals surface area contributed by atoms with Crippen molar-refractivity contribution in [2.45, 2.75) is 10.4 Å². The second-order valence-corrected chi connectivity index (χ2v) is 7.13. The molecular weight excluding hydrogens is 388 g/mol. The summed E-state index contributed by atoms with van der Waals surface area (Å²) in [7, 11) is -5.80. The predicted octanol–water partition coefficient (Wildman–Crippen LogP) is 3.15. The van der Waals surface area contributed by atoms with Crippen LogP contribution >= 0.6 is 0 Å². The highest BCUT2D eigenvalue weighted by molar-refractivity contribution is 7.92. The van der Waals surface area contributed by atoms with Gasteiger partial charge in [-0.05, 0) is 36.4 Å². The van der Waals surface area contributed by atoms with Crippen molar-refractivity contribution in [3.05, 3.63) is 53.8 Å². The van der Waals surface area contributed by atoms with Crippen molar-refractivity contribution < 1.29 is 30.8 Å². The van der Waals surface area contributed by atoms with Crippen LogP contribution < -0.4 is 10.6 Å². The van der Waals surface area contributed by atoms with E-state index in [0.29, 0.717) is 11.3 Å². The lowest BCUT2D eigenvalue weighted by Gasteiger charge is -2.14. The van der Waals surface area contributed by atoms with Crippen LogP contribution in [-0.4, -0.2) is 26.4 Å². The minimum Gasteiger partial charge on any atom is -0.375 e. The summed E-state index contributed by atoms with van der Waals surface area (Å²) < 4.78 is 74.7. The van der Waals surface area contributed by atoms with Crippen LogP contribution in [0.5, 0.6) is 0 Å². The van der Waals surface area contributed by atoms with Crippen molar-refractivity contribution in [1.29, 1.82) is 0 Å². The number of alkyl halides is 3. The molecule has 0 bridgehead atoms. The molecule has 1 amide bonds. The number of carbonyl (C=O) groups is 1. The molecule has 5 nitrogen and oxygen atoms in total. The Morgan fingerprint density at radius 3 is 2.48 bits per heavy atom. The van der Waals surface area contributed by atoms with Gasteiger partial charge < -0.3 is 10.6 Å². The normalized spacial score (nSPS) is 11.5. The van der Waals surface area contributed by atoms with Crippen molar-refractivity contribution in [2.24, 2.45) is 0 Å². The van der Waals surface area contributed by atoms with Crippen LogP contribution in [0, 0.1) is 18.2 Å². The molecule has 0 saturated carbocycles. The summed E-state index contributed by atoms with van der Waals surface area (Å²) in [4.78, 5) is 10.6. The summed E-state index contributed by atoms with van der Waals surface area (Å²) >= 11 is 0. The zero-order chi connectivity index (χ0) is 20.2. The second kappa shape index (κ2) is 7.67. The van der Waals surface area contributed by atoms with Gasteiger partial charge in [-0.3, -0.25) is 4.79 Å². The Hall–Kier alpha value is -3.06. The van der Waals surface area contributed by atoms with Gasteiger partial charge in [0.1, 0.15) is 10.7 Å². The van der Waals surface area contributed by atoms with E-state index in [4.69, 9.17) is 6.42 Å². The van der Waals surface area contributed by atoms with Gasteiger partial charge in [0.15, 0.2) is 0 Å². The third-order valence-electron chi connectivity index (χ3n) is 3.29. The largest absolute Gasteiger partial charge is 0.501 e. The Kier molecular flexibility index (Phi) is 5.75. The zero-order valence-electron chi connectivity index (χ0n) is 13.5. The number of carbonyl (C=O) groups excluding carboxylic acids is 1. The quantitative estimate of drug-likeness (QED) is 0.597. The zero-order valence-corrected chi connectivity index (χ0v) is 14.3. The summed E-state index contributed by atoms with van der Waals surface area (Å²) in [5, 5.41) is 4.71. The van der Waals surface area contributed by atoms with E-state index < -0.39 is 44.2 Å². The summed E-state index contributed by atoms with van der Waals surface area (Å²) in [5.41, 5.74) is -5.33. The number of benzene rings is 2. The van der Waals surface area contributed by atoms with Crippen molar-refractivity contribution in [3.8, 4) is 12.3 Å². The molecule has 0 unspecified atom stereocenters. The van der Waals surface area contributed by atoms with Crippen LogP contribution in [0.3, 0.4) is 0 Å². The van der Waals surface area contributed by atoms with Gasteiger partial charge in [0.2, 0.25) is 5.91 Å². The predicted molar refractivity (Wildman–Crippen MR) is 91.1 cm³/mol. The van der Waals surface area contributed by atoms with E-state index in [2.05, 4.69) is 16.6 Å². The Bertz CT molecular complexity index is 1010. The highest BCUT2D eigenvalue weighted by atomic mass is 32.2. The maximum Gasteiger partial charge on any atom is 0.501 e. The van der Waals surface area contributed by atoms with Crippen LogP contribution in [0.2, 0.25) is 0 Å². The van der Waals surface area contributed by atoms with Gasteiger partial charge in [0.25, 0.3) is 9.84 Å². The minimum atomic E-state index is -5.80.